The van der Waals surface area contributed by atoms with Gasteiger partial charge in [0, 0.05) is 10.9 Å². The molecular weight excluding hydrogens is 368 g/mol. The molecule has 0 saturated heterocycles. The Hall–Kier alpha value is -2.87. The molecule has 142 valence electrons. The van der Waals surface area contributed by atoms with Crippen LogP contribution in [0.4, 0.5) is 0 Å². The second-order valence-electron chi connectivity index (χ2n) is 5.70. The highest BCUT2D eigenvalue weighted by atomic mass is 32.1. The first-order chi connectivity index (χ1) is 13.0. The van der Waals surface area contributed by atoms with Crippen LogP contribution < -0.4 is 9.47 Å². The van der Waals surface area contributed by atoms with Gasteiger partial charge in [0.15, 0.2) is 6.61 Å². The molecule has 3 aromatic rings. The summed E-state index contributed by atoms with van der Waals surface area (Å²) in [5.74, 6) is 1.37. The van der Waals surface area contributed by atoms with E-state index >= 15 is 0 Å². The third-order valence-electron chi connectivity index (χ3n) is 4.05. The lowest BCUT2D eigenvalue weighted by Gasteiger charge is -2.07. The number of nitrogens with zero attached hydrogens (tertiary/aromatic N) is 2. The van der Waals surface area contributed by atoms with Crippen molar-refractivity contribution in [1.29, 1.82) is 0 Å². The molecule has 7 nitrogen and oxygen atoms in total. The topological polar surface area (TPSA) is 83.7 Å². The van der Waals surface area contributed by atoms with Gasteiger partial charge in [0.05, 0.1) is 19.8 Å². The minimum absolute atomic E-state index is 0.0945. The Balaban J connectivity index is 1.70. The van der Waals surface area contributed by atoms with Gasteiger partial charge in [-0.3, -0.25) is 0 Å². The monoisotopic (exact) mass is 388 g/mol. The van der Waals surface area contributed by atoms with Gasteiger partial charge >= 0.3 is 5.97 Å². The van der Waals surface area contributed by atoms with Gasteiger partial charge in [-0.05, 0) is 37.1 Å². The summed E-state index contributed by atoms with van der Waals surface area (Å²) >= 11 is 1.42. The number of methoxy groups -OCH3 is 2. The van der Waals surface area contributed by atoms with Gasteiger partial charge in [-0.1, -0.05) is 12.1 Å². The van der Waals surface area contributed by atoms with Gasteiger partial charge in [0.25, 0.3) is 5.89 Å². The van der Waals surface area contributed by atoms with Gasteiger partial charge in [-0.25, -0.2) is 4.79 Å². The largest absolute Gasteiger partial charge is 0.497 e. The van der Waals surface area contributed by atoms with Crippen LogP contribution in [-0.2, 0) is 17.8 Å². The number of carbonyl (C=O) groups excluding carboxylic acids is 1. The SMILES string of the molecule is CCc1cc(C(=O)OCc2nc(-c3ccc(OC)cc3OC)no2)sc1C. The van der Waals surface area contributed by atoms with Crippen molar-refractivity contribution >= 4 is 17.3 Å². The van der Waals surface area contributed by atoms with Crippen LogP contribution in [0.1, 0.15) is 32.9 Å². The predicted molar refractivity (Wildman–Crippen MR) is 100 cm³/mol. The van der Waals surface area contributed by atoms with Crippen molar-refractivity contribution in [1.82, 2.24) is 10.1 Å². The second kappa shape index (κ2) is 8.22. The first-order valence-corrected chi connectivity index (χ1v) is 9.18. The molecule has 8 heteroatoms. The van der Waals surface area contributed by atoms with Crippen LogP contribution in [0.25, 0.3) is 11.4 Å². The smallest absolute Gasteiger partial charge is 0.348 e. The predicted octanol–water partition coefficient (Wildman–Crippen LogP) is 4.04. The Morgan fingerprint density at radius 3 is 2.70 bits per heavy atom. The number of esters is 1. The molecule has 0 fully saturated rings. The van der Waals surface area contributed by atoms with Crippen molar-refractivity contribution in [3.63, 3.8) is 0 Å². The van der Waals surface area contributed by atoms with Gasteiger partial charge in [0.2, 0.25) is 5.82 Å². The van der Waals surface area contributed by atoms with E-state index in [0.717, 1.165) is 16.9 Å². The van der Waals surface area contributed by atoms with E-state index < -0.39 is 5.97 Å². The summed E-state index contributed by atoms with van der Waals surface area (Å²) in [6, 6.07) is 7.15. The zero-order valence-electron chi connectivity index (χ0n) is 15.6. The Bertz CT molecular complexity index is 947. The molecule has 0 amide bonds. The van der Waals surface area contributed by atoms with Gasteiger partial charge in [-0.15, -0.1) is 11.3 Å². The van der Waals surface area contributed by atoms with Gasteiger partial charge in [0.1, 0.15) is 16.4 Å². The van der Waals surface area contributed by atoms with Gasteiger partial charge < -0.3 is 18.7 Å². The first-order valence-electron chi connectivity index (χ1n) is 8.37. The molecule has 0 unspecified atom stereocenters. The lowest BCUT2D eigenvalue weighted by atomic mass is 10.2. The molecule has 0 aliphatic heterocycles. The summed E-state index contributed by atoms with van der Waals surface area (Å²) < 4.78 is 21.0. The molecule has 2 aromatic heterocycles. The minimum atomic E-state index is -0.399. The van der Waals surface area contributed by atoms with E-state index in [1.807, 2.05) is 13.0 Å². The maximum Gasteiger partial charge on any atom is 0.348 e. The molecule has 0 atom stereocenters. The lowest BCUT2D eigenvalue weighted by molar-refractivity contribution is 0.0435. The van der Waals surface area contributed by atoms with Crippen molar-refractivity contribution in [2.24, 2.45) is 0 Å². The highest BCUT2D eigenvalue weighted by Gasteiger charge is 2.17. The van der Waals surface area contributed by atoms with Crippen molar-refractivity contribution in [2.45, 2.75) is 26.9 Å². The Kier molecular flexibility index (Phi) is 5.75. The molecule has 0 saturated carbocycles. The van der Waals surface area contributed by atoms with E-state index in [1.165, 1.54) is 11.3 Å². The summed E-state index contributed by atoms with van der Waals surface area (Å²) in [6.07, 6.45) is 0.881. The number of aryl methyl sites for hydroxylation is 2. The van der Waals surface area contributed by atoms with E-state index in [9.17, 15) is 4.79 Å². The molecule has 0 spiro atoms. The molecule has 27 heavy (non-hydrogen) atoms. The maximum absolute atomic E-state index is 12.2. The highest BCUT2D eigenvalue weighted by Crippen LogP contribution is 2.31. The van der Waals surface area contributed by atoms with Crippen molar-refractivity contribution < 1.29 is 23.5 Å². The molecule has 0 aliphatic carbocycles. The van der Waals surface area contributed by atoms with Crippen LogP contribution in [0, 0.1) is 6.92 Å². The van der Waals surface area contributed by atoms with Crippen LogP contribution >= 0.6 is 11.3 Å². The zero-order chi connectivity index (χ0) is 19.4. The fourth-order valence-electron chi connectivity index (χ4n) is 2.58. The Labute approximate surface area is 160 Å². The van der Waals surface area contributed by atoms with E-state index in [-0.39, 0.29) is 12.5 Å². The third kappa shape index (κ3) is 4.11. The summed E-state index contributed by atoms with van der Waals surface area (Å²) in [7, 11) is 3.13. The minimum Gasteiger partial charge on any atom is -0.497 e. The average molecular weight is 388 g/mol. The average Bonchev–Trinajstić information content (AvgIpc) is 3.31. The second-order valence-corrected chi connectivity index (χ2v) is 6.96. The molecular formula is C19H20N2O5S. The number of aromatic nitrogens is 2. The normalized spacial score (nSPS) is 10.7. The van der Waals surface area contributed by atoms with Crippen LogP contribution in [0.15, 0.2) is 28.8 Å². The molecule has 0 aliphatic rings. The molecule has 2 heterocycles. The maximum atomic E-state index is 12.2. The van der Waals surface area contributed by atoms with Crippen LogP contribution in [0.2, 0.25) is 0 Å². The van der Waals surface area contributed by atoms with E-state index in [1.54, 1.807) is 32.4 Å². The Morgan fingerprint density at radius 2 is 2.04 bits per heavy atom. The van der Waals surface area contributed by atoms with E-state index in [4.69, 9.17) is 18.7 Å². The van der Waals surface area contributed by atoms with E-state index in [0.29, 0.717) is 27.8 Å². The number of hydrogen-bond donors (Lipinski definition) is 0. The lowest BCUT2D eigenvalue weighted by Crippen LogP contribution is -2.03. The fourth-order valence-corrected chi connectivity index (χ4v) is 3.58. The molecule has 0 N–H and O–H groups in total. The fraction of sp³-hybridized carbons (Fsp3) is 0.316. The summed E-state index contributed by atoms with van der Waals surface area (Å²) in [5, 5.41) is 3.94. The highest BCUT2D eigenvalue weighted by molar-refractivity contribution is 7.14. The summed E-state index contributed by atoms with van der Waals surface area (Å²) in [5.41, 5.74) is 1.81. The quantitative estimate of drug-likeness (QED) is 0.565. The number of carbonyl (C=O) groups is 1. The van der Waals surface area contributed by atoms with Crippen molar-refractivity contribution in [3.8, 4) is 22.9 Å². The van der Waals surface area contributed by atoms with Crippen molar-refractivity contribution in [3.05, 3.63) is 45.5 Å². The standard InChI is InChI=1S/C19H20N2O5S/c1-5-12-8-16(27-11(12)2)19(22)25-10-17-20-18(21-26-17)14-7-6-13(23-3)9-15(14)24-4/h6-9H,5,10H2,1-4H3. The molecule has 0 bridgehead atoms. The zero-order valence-corrected chi connectivity index (χ0v) is 16.4. The van der Waals surface area contributed by atoms with Crippen molar-refractivity contribution in [2.75, 3.05) is 14.2 Å². The molecule has 0 radical (unpaired) electrons. The number of rotatable bonds is 7. The van der Waals surface area contributed by atoms with Crippen LogP contribution in [0.3, 0.4) is 0 Å². The van der Waals surface area contributed by atoms with Crippen LogP contribution in [-0.4, -0.2) is 30.3 Å². The molecule has 3 rings (SSSR count). The van der Waals surface area contributed by atoms with Crippen LogP contribution in [0.5, 0.6) is 11.5 Å². The first kappa shape index (κ1) is 18.9. The number of benzene rings is 1. The summed E-state index contributed by atoms with van der Waals surface area (Å²) in [6.45, 7) is 3.95. The van der Waals surface area contributed by atoms with Gasteiger partial charge in [-0.2, -0.15) is 4.98 Å². The summed E-state index contributed by atoms with van der Waals surface area (Å²) in [4.78, 5) is 18.2. The molecule has 1 aromatic carbocycles. The number of thiophene rings is 1. The number of hydrogen-bond acceptors (Lipinski definition) is 8. The van der Waals surface area contributed by atoms with E-state index in [2.05, 4.69) is 17.1 Å². The number of ether oxygens (including phenoxy) is 3. The third-order valence-corrected chi connectivity index (χ3v) is 5.12. The Morgan fingerprint density at radius 1 is 1.22 bits per heavy atom.